The van der Waals surface area contributed by atoms with Gasteiger partial charge in [-0.1, -0.05) is 6.07 Å². The first kappa shape index (κ1) is 16.9. The molecule has 2 aliphatic heterocycles. The Morgan fingerprint density at radius 1 is 1.38 bits per heavy atom. The van der Waals surface area contributed by atoms with Crippen LogP contribution >= 0.6 is 0 Å². The molecule has 2 amide bonds. The smallest absolute Gasteiger partial charge is 0.415 e. The first-order chi connectivity index (χ1) is 11.5. The lowest BCUT2D eigenvalue weighted by atomic mass is 9.93. The molecule has 1 aromatic carbocycles. The highest BCUT2D eigenvalue weighted by atomic mass is 32.2. The first-order valence-electron chi connectivity index (χ1n) is 7.83. The number of halogens is 1. The van der Waals surface area contributed by atoms with Crippen LogP contribution in [0, 0.1) is 5.82 Å². The van der Waals surface area contributed by atoms with Crippen LogP contribution in [0.25, 0.3) is 0 Å². The first-order valence-corrected chi connectivity index (χ1v) is 9.32. The van der Waals surface area contributed by atoms with Crippen LogP contribution in [0.3, 0.4) is 0 Å². The molecular formula is C16H19FN2O4S. The Morgan fingerprint density at radius 2 is 2.08 bits per heavy atom. The van der Waals surface area contributed by atoms with Gasteiger partial charge < -0.3 is 10.1 Å². The number of likely N-dealkylation sites (N-methyl/N-ethyl adjacent to an activating group) is 1. The minimum Gasteiger partial charge on any atom is -0.434 e. The molecule has 1 N–H and O–H groups in total. The van der Waals surface area contributed by atoms with E-state index < -0.39 is 28.9 Å². The van der Waals surface area contributed by atoms with Crippen LogP contribution in [0.1, 0.15) is 24.3 Å². The fraction of sp³-hybridized carbons (Fsp3) is 0.500. The van der Waals surface area contributed by atoms with E-state index >= 15 is 0 Å². The van der Waals surface area contributed by atoms with Crippen molar-refractivity contribution >= 4 is 28.5 Å². The fourth-order valence-corrected chi connectivity index (χ4v) is 4.39. The lowest BCUT2D eigenvalue weighted by Gasteiger charge is -2.23. The van der Waals surface area contributed by atoms with Crippen LogP contribution in [-0.2, 0) is 20.3 Å². The molecule has 0 aromatic heterocycles. The summed E-state index contributed by atoms with van der Waals surface area (Å²) in [6.07, 6.45) is -0.150. The van der Waals surface area contributed by atoms with E-state index in [1.807, 2.05) is 0 Å². The predicted octanol–water partition coefficient (Wildman–Crippen LogP) is 1.52. The third-order valence-electron chi connectivity index (χ3n) is 4.47. The predicted molar refractivity (Wildman–Crippen MR) is 87.9 cm³/mol. The Morgan fingerprint density at radius 3 is 2.71 bits per heavy atom. The number of hydrogen-bond acceptors (Lipinski definition) is 4. The summed E-state index contributed by atoms with van der Waals surface area (Å²) in [4.78, 5) is 24.7. The highest BCUT2D eigenvalue weighted by molar-refractivity contribution is 7.85. The second-order valence-electron chi connectivity index (χ2n) is 5.93. The van der Waals surface area contributed by atoms with Crippen molar-refractivity contribution in [3.63, 3.8) is 0 Å². The molecule has 24 heavy (non-hydrogen) atoms. The Kier molecular flexibility index (Phi) is 4.84. The minimum atomic E-state index is -0.890. The summed E-state index contributed by atoms with van der Waals surface area (Å²) in [6.45, 7) is 0.0553. The number of anilines is 1. The number of cyclic esters (lactones) is 1. The van der Waals surface area contributed by atoms with Gasteiger partial charge in [0.2, 0.25) is 0 Å². The number of carbonyl (C=O) groups is 2. The SMILES string of the molecule is CNC(=O)C1CN(c2ccc(C3CCS(=O)CC3)c(F)c2)C(=O)O1. The van der Waals surface area contributed by atoms with Crippen LogP contribution in [0.5, 0.6) is 0 Å². The second kappa shape index (κ2) is 6.88. The number of hydrogen-bond donors (Lipinski definition) is 1. The second-order valence-corrected chi connectivity index (χ2v) is 7.62. The molecule has 0 spiro atoms. The summed E-state index contributed by atoms with van der Waals surface area (Å²) in [7, 11) is 0.671. The van der Waals surface area contributed by atoms with Gasteiger partial charge in [-0.2, -0.15) is 0 Å². The van der Waals surface area contributed by atoms with Crippen molar-refractivity contribution in [2.24, 2.45) is 0 Å². The van der Waals surface area contributed by atoms with Crippen LogP contribution in [0.15, 0.2) is 18.2 Å². The summed E-state index contributed by atoms with van der Waals surface area (Å²) in [5.74, 6) is 0.469. The van der Waals surface area contributed by atoms with Gasteiger partial charge in [-0.25, -0.2) is 9.18 Å². The molecule has 0 aliphatic carbocycles. The summed E-state index contributed by atoms with van der Waals surface area (Å²) >= 11 is 0. The molecule has 3 rings (SSSR count). The van der Waals surface area contributed by atoms with E-state index in [-0.39, 0.29) is 18.3 Å². The van der Waals surface area contributed by atoms with E-state index in [0.29, 0.717) is 35.6 Å². The van der Waals surface area contributed by atoms with Crippen LogP contribution in [0.4, 0.5) is 14.9 Å². The molecular weight excluding hydrogens is 335 g/mol. The Hall–Kier alpha value is -1.96. The maximum absolute atomic E-state index is 14.5. The number of carbonyl (C=O) groups excluding carboxylic acids is 2. The zero-order valence-corrected chi connectivity index (χ0v) is 14.1. The standard InChI is InChI=1S/C16H19FN2O4S/c1-18-15(20)14-9-19(16(21)23-14)11-2-3-12(13(17)8-11)10-4-6-24(22)7-5-10/h2-3,8,10,14H,4-7,9H2,1H3,(H,18,20). The molecule has 8 heteroatoms. The topological polar surface area (TPSA) is 75.7 Å². The van der Waals surface area contributed by atoms with E-state index in [1.165, 1.54) is 18.0 Å². The molecule has 1 aromatic rings. The highest BCUT2D eigenvalue weighted by Gasteiger charge is 2.37. The highest BCUT2D eigenvalue weighted by Crippen LogP contribution is 2.32. The normalized spacial score (nSPS) is 27.0. The average molecular weight is 354 g/mol. The summed E-state index contributed by atoms with van der Waals surface area (Å²) in [6, 6.07) is 4.63. The Balaban J connectivity index is 1.76. The van der Waals surface area contributed by atoms with Gasteiger partial charge in [-0.05, 0) is 36.5 Å². The third-order valence-corrected chi connectivity index (χ3v) is 5.86. The summed E-state index contributed by atoms with van der Waals surface area (Å²) in [5, 5.41) is 2.42. The average Bonchev–Trinajstić information content (AvgIpc) is 2.97. The van der Waals surface area contributed by atoms with E-state index in [1.54, 1.807) is 12.1 Å². The molecule has 2 heterocycles. The molecule has 2 aliphatic rings. The molecule has 130 valence electrons. The van der Waals surface area contributed by atoms with Crippen LogP contribution < -0.4 is 10.2 Å². The van der Waals surface area contributed by atoms with Crippen molar-refractivity contribution in [2.45, 2.75) is 24.9 Å². The number of nitrogens with zero attached hydrogens (tertiary/aromatic N) is 1. The van der Waals surface area contributed by atoms with Gasteiger partial charge in [0, 0.05) is 29.4 Å². The summed E-state index contributed by atoms with van der Waals surface area (Å²) < 4.78 is 30.9. The van der Waals surface area contributed by atoms with Gasteiger partial charge in [0.1, 0.15) is 5.82 Å². The third kappa shape index (κ3) is 3.28. The van der Waals surface area contributed by atoms with E-state index in [0.717, 1.165) is 0 Å². The van der Waals surface area contributed by atoms with E-state index in [9.17, 15) is 18.2 Å². The summed E-state index contributed by atoms with van der Waals surface area (Å²) in [5.41, 5.74) is 0.956. The lowest BCUT2D eigenvalue weighted by molar-refractivity contribution is -0.127. The Labute approximate surface area is 141 Å². The van der Waals surface area contributed by atoms with Gasteiger partial charge in [0.05, 0.1) is 12.2 Å². The van der Waals surface area contributed by atoms with Gasteiger partial charge in [0.15, 0.2) is 6.10 Å². The van der Waals surface area contributed by atoms with Crippen LogP contribution in [-0.4, -0.2) is 47.4 Å². The van der Waals surface area contributed by atoms with Gasteiger partial charge >= 0.3 is 6.09 Å². The fourth-order valence-electron chi connectivity index (χ4n) is 3.09. The zero-order chi connectivity index (χ0) is 17.3. The van der Waals surface area contributed by atoms with Gasteiger partial charge in [0.25, 0.3) is 5.91 Å². The molecule has 6 nitrogen and oxygen atoms in total. The number of amides is 2. The molecule has 2 fully saturated rings. The van der Waals surface area contributed by atoms with Crippen molar-refractivity contribution in [1.29, 1.82) is 0 Å². The molecule has 0 radical (unpaired) electrons. The largest absolute Gasteiger partial charge is 0.434 e. The number of benzene rings is 1. The quantitative estimate of drug-likeness (QED) is 0.893. The molecule has 1 unspecified atom stereocenters. The molecule has 2 saturated heterocycles. The van der Waals surface area contributed by atoms with E-state index in [4.69, 9.17) is 4.74 Å². The number of rotatable bonds is 3. The van der Waals surface area contributed by atoms with Crippen molar-refractivity contribution in [2.75, 3.05) is 30.0 Å². The molecule has 0 bridgehead atoms. The zero-order valence-electron chi connectivity index (χ0n) is 13.3. The number of ether oxygens (including phenoxy) is 1. The van der Waals surface area contributed by atoms with Crippen molar-refractivity contribution in [3.05, 3.63) is 29.6 Å². The monoisotopic (exact) mass is 354 g/mol. The molecule has 0 saturated carbocycles. The van der Waals surface area contributed by atoms with Crippen molar-refractivity contribution < 1.29 is 22.9 Å². The lowest BCUT2D eigenvalue weighted by Crippen LogP contribution is -2.35. The maximum Gasteiger partial charge on any atom is 0.415 e. The number of nitrogens with one attached hydrogen (secondary N) is 1. The minimum absolute atomic E-state index is 0.0553. The van der Waals surface area contributed by atoms with Crippen LogP contribution in [0.2, 0.25) is 0 Å². The van der Waals surface area contributed by atoms with Gasteiger partial charge in [-0.15, -0.1) is 0 Å². The van der Waals surface area contributed by atoms with Crippen molar-refractivity contribution in [1.82, 2.24) is 5.32 Å². The van der Waals surface area contributed by atoms with E-state index in [2.05, 4.69) is 5.32 Å². The maximum atomic E-state index is 14.5. The van der Waals surface area contributed by atoms with Gasteiger partial charge in [-0.3, -0.25) is 13.9 Å². The molecule has 1 atom stereocenters. The Bertz CT molecular complexity index is 687. The van der Waals surface area contributed by atoms with Crippen molar-refractivity contribution in [3.8, 4) is 0 Å².